The molecule has 0 aliphatic rings. The zero-order valence-corrected chi connectivity index (χ0v) is 5.41. The second kappa shape index (κ2) is 4.00. The zero-order valence-electron chi connectivity index (χ0n) is 4.52. The Hall–Kier alpha value is -0.170. The lowest BCUT2D eigenvalue weighted by molar-refractivity contribution is 1.56. The predicted molar refractivity (Wildman–Crippen MR) is 37.8 cm³/mol. The molecule has 0 aromatic heterocycles. The second-order valence-electron chi connectivity index (χ2n) is 1.32. The van der Waals surface area contributed by atoms with E-state index in [4.69, 9.17) is 0 Å². The monoisotopic (exact) mass is 114 g/mol. The van der Waals surface area contributed by atoms with Crippen LogP contribution in [0.1, 0.15) is 6.92 Å². The van der Waals surface area contributed by atoms with Gasteiger partial charge in [-0.1, -0.05) is 18.7 Å². The molecule has 0 amide bonds. The van der Waals surface area contributed by atoms with Crippen molar-refractivity contribution in [1.82, 2.24) is 0 Å². The molecule has 0 unspecified atom stereocenters. The molecule has 0 bridgehead atoms. The Labute approximate surface area is 50.3 Å². The summed E-state index contributed by atoms with van der Waals surface area (Å²) in [6.45, 7) is 5.67. The van der Waals surface area contributed by atoms with Crippen LogP contribution in [0.2, 0.25) is 0 Å². The Morgan fingerprint density at radius 3 is 2.57 bits per heavy atom. The van der Waals surface area contributed by atoms with Crippen LogP contribution in [0.4, 0.5) is 0 Å². The van der Waals surface area contributed by atoms with Gasteiger partial charge in [-0.05, 0) is 12.5 Å². The van der Waals surface area contributed by atoms with Crippen LogP contribution in [0.3, 0.4) is 0 Å². The molecule has 0 saturated carbocycles. The number of allylic oxidation sites excluding steroid dienone is 2. The Morgan fingerprint density at radius 1 is 1.86 bits per heavy atom. The molecule has 40 valence electrons. The van der Waals surface area contributed by atoms with Gasteiger partial charge in [-0.15, -0.1) is 0 Å². The summed E-state index contributed by atoms with van der Waals surface area (Å²) in [7, 11) is 0. The molecule has 0 nitrogen and oxygen atoms in total. The van der Waals surface area contributed by atoms with Crippen molar-refractivity contribution in [3.63, 3.8) is 0 Å². The van der Waals surface area contributed by atoms with E-state index in [1.54, 1.807) is 0 Å². The Bertz CT molecular complexity index is 82.2. The van der Waals surface area contributed by atoms with E-state index >= 15 is 0 Å². The third-order valence-electron chi connectivity index (χ3n) is 0.605. The van der Waals surface area contributed by atoms with E-state index in [-0.39, 0.29) is 0 Å². The summed E-state index contributed by atoms with van der Waals surface area (Å²) in [5.41, 5.74) is 1.06. The molecule has 0 fully saturated rings. The molecule has 0 aromatic rings. The Balaban J connectivity index is 3.37. The first kappa shape index (κ1) is 6.83. The van der Waals surface area contributed by atoms with Gasteiger partial charge in [0.2, 0.25) is 0 Å². The second-order valence-corrected chi connectivity index (χ2v) is 1.63. The minimum atomic E-state index is 0.754. The van der Waals surface area contributed by atoms with E-state index in [1.807, 2.05) is 19.1 Å². The molecule has 0 atom stereocenters. The Morgan fingerprint density at radius 2 is 2.43 bits per heavy atom. The third-order valence-corrected chi connectivity index (χ3v) is 1.01. The fourth-order valence-corrected chi connectivity index (χ4v) is 0.394. The van der Waals surface area contributed by atoms with Crippen molar-refractivity contribution in [2.75, 3.05) is 5.75 Å². The van der Waals surface area contributed by atoms with Gasteiger partial charge in [-0.3, -0.25) is 0 Å². The maximum atomic E-state index is 4.00. The van der Waals surface area contributed by atoms with Crippen LogP contribution in [-0.4, -0.2) is 5.75 Å². The summed E-state index contributed by atoms with van der Waals surface area (Å²) in [6.07, 6.45) is 3.91. The van der Waals surface area contributed by atoms with Crippen LogP contribution < -0.4 is 0 Å². The van der Waals surface area contributed by atoms with Gasteiger partial charge in [0.05, 0.1) is 0 Å². The number of hydrogen-bond acceptors (Lipinski definition) is 1. The Kier molecular flexibility index (Phi) is 3.90. The molecule has 1 heteroatoms. The van der Waals surface area contributed by atoms with Crippen LogP contribution in [0, 0.1) is 0 Å². The highest BCUT2D eigenvalue weighted by Crippen LogP contribution is 1.93. The summed E-state index contributed by atoms with van der Waals surface area (Å²) in [5, 5.41) is 0. The van der Waals surface area contributed by atoms with Crippen LogP contribution in [0.5, 0.6) is 0 Å². The molecule has 0 aliphatic heterocycles. The summed E-state index contributed by atoms with van der Waals surface area (Å²) in [5.74, 6) is 0.754. The number of thiol groups is 1. The molecular formula is C6H10S. The van der Waals surface area contributed by atoms with Crippen molar-refractivity contribution < 1.29 is 0 Å². The first-order valence-electron chi connectivity index (χ1n) is 2.22. The SMILES string of the molecule is C=C(/C=C\C)CS. The van der Waals surface area contributed by atoms with Crippen LogP contribution in [0.25, 0.3) is 0 Å². The van der Waals surface area contributed by atoms with Gasteiger partial charge < -0.3 is 0 Å². The lowest BCUT2D eigenvalue weighted by atomic mass is 10.3. The number of hydrogen-bond donors (Lipinski definition) is 1. The standard InChI is InChI=1S/C6H10S/c1-3-4-6(2)5-7/h3-4,7H,2,5H2,1H3/b4-3-. The molecule has 0 saturated heterocycles. The van der Waals surface area contributed by atoms with Crippen LogP contribution >= 0.6 is 12.6 Å². The third kappa shape index (κ3) is 3.67. The van der Waals surface area contributed by atoms with Gasteiger partial charge in [0.25, 0.3) is 0 Å². The van der Waals surface area contributed by atoms with Crippen molar-refractivity contribution >= 4 is 12.6 Å². The lowest BCUT2D eigenvalue weighted by Gasteiger charge is -1.85. The average Bonchev–Trinajstić information content (AvgIpc) is 1.68. The first-order chi connectivity index (χ1) is 3.31. The van der Waals surface area contributed by atoms with Crippen molar-refractivity contribution in [2.45, 2.75) is 6.92 Å². The zero-order chi connectivity index (χ0) is 5.70. The van der Waals surface area contributed by atoms with Gasteiger partial charge in [-0.2, -0.15) is 12.6 Å². The minimum Gasteiger partial charge on any atom is -0.175 e. The van der Waals surface area contributed by atoms with Crippen molar-refractivity contribution in [1.29, 1.82) is 0 Å². The molecule has 0 radical (unpaired) electrons. The van der Waals surface area contributed by atoms with E-state index < -0.39 is 0 Å². The quantitative estimate of drug-likeness (QED) is 0.412. The highest BCUT2D eigenvalue weighted by Gasteiger charge is 1.75. The molecule has 0 rings (SSSR count). The summed E-state index contributed by atoms with van der Waals surface area (Å²) in [4.78, 5) is 0. The molecule has 7 heavy (non-hydrogen) atoms. The van der Waals surface area contributed by atoms with Crippen LogP contribution in [-0.2, 0) is 0 Å². The molecule has 0 aromatic carbocycles. The van der Waals surface area contributed by atoms with Crippen LogP contribution in [0.15, 0.2) is 24.3 Å². The van der Waals surface area contributed by atoms with Gasteiger partial charge in [0.1, 0.15) is 0 Å². The van der Waals surface area contributed by atoms with Crippen molar-refractivity contribution in [3.05, 3.63) is 24.3 Å². The van der Waals surface area contributed by atoms with Gasteiger partial charge >= 0.3 is 0 Å². The maximum Gasteiger partial charge on any atom is 0.0148 e. The first-order valence-corrected chi connectivity index (χ1v) is 2.86. The predicted octanol–water partition coefficient (Wildman–Crippen LogP) is 2.05. The number of rotatable bonds is 2. The highest BCUT2D eigenvalue weighted by molar-refractivity contribution is 7.80. The van der Waals surface area contributed by atoms with E-state index in [0.29, 0.717) is 0 Å². The largest absolute Gasteiger partial charge is 0.175 e. The smallest absolute Gasteiger partial charge is 0.0148 e. The fourth-order valence-electron chi connectivity index (χ4n) is 0.288. The minimum absolute atomic E-state index is 0.754. The normalized spacial score (nSPS) is 10.0. The van der Waals surface area contributed by atoms with Gasteiger partial charge in [0, 0.05) is 5.75 Å². The maximum absolute atomic E-state index is 4.00. The summed E-state index contributed by atoms with van der Waals surface area (Å²) < 4.78 is 0. The van der Waals surface area contributed by atoms with Crippen molar-refractivity contribution in [2.24, 2.45) is 0 Å². The fraction of sp³-hybridized carbons (Fsp3) is 0.333. The molecule has 0 spiro atoms. The van der Waals surface area contributed by atoms with E-state index in [1.165, 1.54) is 0 Å². The van der Waals surface area contributed by atoms with E-state index in [2.05, 4.69) is 19.2 Å². The molecule has 0 heterocycles. The summed E-state index contributed by atoms with van der Waals surface area (Å²) >= 11 is 4.00. The molecule has 0 N–H and O–H groups in total. The topological polar surface area (TPSA) is 0 Å². The molecular weight excluding hydrogens is 104 g/mol. The van der Waals surface area contributed by atoms with Gasteiger partial charge in [-0.25, -0.2) is 0 Å². The van der Waals surface area contributed by atoms with Gasteiger partial charge in [0.15, 0.2) is 0 Å². The van der Waals surface area contributed by atoms with E-state index in [9.17, 15) is 0 Å². The van der Waals surface area contributed by atoms with E-state index in [0.717, 1.165) is 11.3 Å². The van der Waals surface area contributed by atoms with Crippen molar-refractivity contribution in [3.8, 4) is 0 Å². The molecule has 0 aliphatic carbocycles. The summed E-state index contributed by atoms with van der Waals surface area (Å²) in [6, 6.07) is 0. The highest BCUT2D eigenvalue weighted by atomic mass is 32.1. The lowest BCUT2D eigenvalue weighted by Crippen LogP contribution is -1.71. The average molecular weight is 114 g/mol.